The van der Waals surface area contributed by atoms with Gasteiger partial charge in [-0.05, 0) is 51.0 Å². The second-order valence-electron chi connectivity index (χ2n) is 8.57. The van der Waals surface area contributed by atoms with Crippen molar-refractivity contribution >= 4 is 11.9 Å². The Hall–Kier alpha value is -2.62. The van der Waals surface area contributed by atoms with Crippen LogP contribution in [-0.2, 0) is 9.47 Å². The van der Waals surface area contributed by atoms with E-state index in [0.717, 1.165) is 38.5 Å². The Kier molecular flexibility index (Phi) is 11.0. The molecule has 4 atom stereocenters. The van der Waals surface area contributed by atoms with Gasteiger partial charge in [-0.25, -0.2) is 9.59 Å². The van der Waals surface area contributed by atoms with Crippen molar-refractivity contribution in [3.63, 3.8) is 0 Å². The maximum absolute atomic E-state index is 12.7. The molecule has 0 fully saturated rings. The Bertz CT molecular complexity index is 733. The first-order valence-electron chi connectivity index (χ1n) is 12.0. The normalized spacial score (nSPS) is 14.8. The van der Waals surface area contributed by atoms with E-state index in [2.05, 4.69) is 13.8 Å². The second kappa shape index (κ2) is 13.7. The minimum atomic E-state index is -0.303. The van der Waals surface area contributed by atoms with Crippen molar-refractivity contribution in [3.8, 4) is 0 Å². The summed E-state index contributed by atoms with van der Waals surface area (Å²) in [4.78, 5) is 25.4. The first-order chi connectivity index (χ1) is 15.5. The van der Waals surface area contributed by atoms with E-state index in [-0.39, 0.29) is 36.0 Å². The van der Waals surface area contributed by atoms with Crippen LogP contribution in [0.2, 0.25) is 0 Å². The number of esters is 2. The number of ether oxygens (including phenoxy) is 2. The summed E-state index contributed by atoms with van der Waals surface area (Å²) in [5.41, 5.74) is 1.12. The lowest BCUT2D eigenvalue weighted by Gasteiger charge is -2.35. The quantitative estimate of drug-likeness (QED) is 0.313. The summed E-state index contributed by atoms with van der Waals surface area (Å²) in [6.45, 7) is 8.28. The van der Waals surface area contributed by atoms with Gasteiger partial charge in [0.05, 0.1) is 11.1 Å². The molecule has 32 heavy (non-hydrogen) atoms. The van der Waals surface area contributed by atoms with Gasteiger partial charge in [-0.1, -0.05) is 75.9 Å². The van der Waals surface area contributed by atoms with Crippen LogP contribution in [0.15, 0.2) is 60.7 Å². The van der Waals surface area contributed by atoms with Crippen LogP contribution in [0.4, 0.5) is 0 Å². The lowest BCUT2D eigenvalue weighted by molar-refractivity contribution is -0.0287. The van der Waals surface area contributed by atoms with Crippen LogP contribution < -0.4 is 0 Å². The maximum Gasteiger partial charge on any atom is 0.338 e. The molecule has 0 amide bonds. The Morgan fingerprint density at radius 1 is 0.656 bits per heavy atom. The van der Waals surface area contributed by atoms with E-state index < -0.39 is 0 Å². The molecule has 4 nitrogen and oxygen atoms in total. The van der Waals surface area contributed by atoms with Crippen LogP contribution in [-0.4, -0.2) is 24.1 Å². The highest BCUT2D eigenvalue weighted by molar-refractivity contribution is 5.89. The summed E-state index contributed by atoms with van der Waals surface area (Å²) in [7, 11) is 0. The van der Waals surface area contributed by atoms with Gasteiger partial charge in [-0.15, -0.1) is 0 Å². The topological polar surface area (TPSA) is 52.6 Å². The van der Waals surface area contributed by atoms with Gasteiger partial charge in [-0.3, -0.25) is 0 Å². The highest BCUT2D eigenvalue weighted by Crippen LogP contribution is 2.33. The Morgan fingerprint density at radius 3 is 1.31 bits per heavy atom. The van der Waals surface area contributed by atoms with E-state index in [1.807, 2.05) is 50.2 Å². The Balaban J connectivity index is 2.18. The van der Waals surface area contributed by atoms with E-state index in [4.69, 9.17) is 9.47 Å². The van der Waals surface area contributed by atoms with Crippen molar-refractivity contribution in [1.29, 1.82) is 0 Å². The molecule has 0 heterocycles. The largest absolute Gasteiger partial charge is 0.459 e. The minimum Gasteiger partial charge on any atom is -0.459 e. The fourth-order valence-corrected chi connectivity index (χ4v) is 4.27. The molecule has 0 aliphatic rings. The second-order valence-corrected chi connectivity index (χ2v) is 8.57. The zero-order chi connectivity index (χ0) is 23.3. The maximum atomic E-state index is 12.7. The fourth-order valence-electron chi connectivity index (χ4n) is 4.27. The predicted octanol–water partition coefficient (Wildman–Crippen LogP) is 7.09. The third kappa shape index (κ3) is 7.81. The molecule has 0 radical (unpaired) electrons. The van der Waals surface area contributed by atoms with Crippen LogP contribution in [0.3, 0.4) is 0 Å². The Labute approximate surface area is 193 Å². The molecule has 0 spiro atoms. The molecule has 2 aromatic carbocycles. The molecule has 0 N–H and O–H groups in total. The summed E-state index contributed by atoms with van der Waals surface area (Å²) >= 11 is 0. The number of carbonyl (C=O) groups excluding carboxylic acids is 2. The third-order valence-electron chi connectivity index (χ3n) is 6.14. The van der Waals surface area contributed by atoms with Gasteiger partial charge in [0.25, 0.3) is 0 Å². The molecule has 174 valence electrons. The van der Waals surface area contributed by atoms with Gasteiger partial charge in [0.1, 0.15) is 12.2 Å². The molecular formula is C28H38O4. The van der Waals surface area contributed by atoms with Gasteiger partial charge >= 0.3 is 11.9 Å². The van der Waals surface area contributed by atoms with E-state index >= 15 is 0 Å². The first kappa shape index (κ1) is 25.6. The monoisotopic (exact) mass is 438 g/mol. The highest BCUT2D eigenvalue weighted by Gasteiger charge is 2.34. The van der Waals surface area contributed by atoms with Gasteiger partial charge in [0.2, 0.25) is 0 Å². The zero-order valence-electron chi connectivity index (χ0n) is 20.0. The standard InChI is InChI=1S/C28H38O4/c1-5-7-19-25(21(3)31-27(29)23-15-11-9-12-16-23)26(20-8-6-2)22(4)32-28(30)24-17-13-10-14-18-24/h9-18,21-22,25-26H,5-8,19-20H2,1-4H3. The number of hydrogen-bond donors (Lipinski definition) is 0. The van der Waals surface area contributed by atoms with Crippen molar-refractivity contribution in [1.82, 2.24) is 0 Å². The van der Waals surface area contributed by atoms with Crippen LogP contribution in [0.25, 0.3) is 0 Å². The van der Waals surface area contributed by atoms with E-state index in [0.29, 0.717) is 11.1 Å². The summed E-state index contributed by atoms with van der Waals surface area (Å²) in [6.07, 6.45) is 5.54. The van der Waals surface area contributed by atoms with Crippen LogP contribution >= 0.6 is 0 Å². The molecule has 4 heteroatoms. The van der Waals surface area contributed by atoms with Crippen LogP contribution in [0.5, 0.6) is 0 Å². The summed E-state index contributed by atoms with van der Waals surface area (Å²) in [5, 5.41) is 0. The molecular weight excluding hydrogens is 400 g/mol. The van der Waals surface area contributed by atoms with Crippen LogP contribution in [0, 0.1) is 11.8 Å². The summed E-state index contributed by atoms with van der Waals surface area (Å²) in [6, 6.07) is 18.2. The Morgan fingerprint density at radius 2 is 1.00 bits per heavy atom. The zero-order valence-corrected chi connectivity index (χ0v) is 20.0. The minimum absolute atomic E-state index is 0.118. The molecule has 0 aromatic heterocycles. The highest BCUT2D eigenvalue weighted by atomic mass is 16.5. The smallest absolute Gasteiger partial charge is 0.338 e. The average Bonchev–Trinajstić information content (AvgIpc) is 2.82. The number of rotatable bonds is 13. The summed E-state index contributed by atoms with van der Waals surface area (Å²) < 4.78 is 11.8. The fraction of sp³-hybridized carbons (Fsp3) is 0.500. The van der Waals surface area contributed by atoms with Crippen molar-refractivity contribution in [3.05, 3.63) is 71.8 Å². The molecule has 2 rings (SSSR count). The molecule has 0 saturated carbocycles. The lowest BCUT2D eigenvalue weighted by atomic mass is 9.78. The van der Waals surface area contributed by atoms with Crippen molar-refractivity contribution in [2.75, 3.05) is 0 Å². The molecule has 0 bridgehead atoms. The molecule has 0 saturated heterocycles. The van der Waals surface area contributed by atoms with Crippen molar-refractivity contribution in [2.24, 2.45) is 11.8 Å². The predicted molar refractivity (Wildman–Crippen MR) is 129 cm³/mol. The number of unbranched alkanes of at least 4 members (excludes halogenated alkanes) is 2. The van der Waals surface area contributed by atoms with E-state index in [1.54, 1.807) is 24.3 Å². The molecule has 0 aliphatic carbocycles. The van der Waals surface area contributed by atoms with Gasteiger partial charge < -0.3 is 9.47 Å². The van der Waals surface area contributed by atoms with Gasteiger partial charge in [0, 0.05) is 11.8 Å². The third-order valence-corrected chi connectivity index (χ3v) is 6.14. The van der Waals surface area contributed by atoms with E-state index in [9.17, 15) is 9.59 Å². The SMILES string of the molecule is CCCCC(C(C)OC(=O)c1ccccc1)C(CCCC)C(C)OC(=O)c1ccccc1. The van der Waals surface area contributed by atoms with Crippen molar-refractivity contribution in [2.45, 2.75) is 78.4 Å². The molecule has 4 unspecified atom stereocenters. The summed E-state index contributed by atoms with van der Waals surface area (Å²) in [5.74, 6) is -0.369. The molecule has 2 aromatic rings. The number of hydrogen-bond acceptors (Lipinski definition) is 4. The van der Waals surface area contributed by atoms with Crippen molar-refractivity contribution < 1.29 is 19.1 Å². The number of benzene rings is 2. The van der Waals surface area contributed by atoms with Gasteiger partial charge in [0.15, 0.2) is 0 Å². The van der Waals surface area contributed by atoms with Gasteiger partial charge in [-0.2, -0.15) is 0 Å². The average molecular weight is 439 g/mol. The van der Waals surface area contributed by atoms with Crippen LogP contribution in [0.1, 0.15) is 86.9 Å². The number of carbonyl (C=O) groups is 2. The first-order valence-corrected chi connectivity index (χ1v) is 12.0. The lowest BCUT2D eigenvalue weighted by Crippen LogP contribution is -2.37. The van der Waals surface area contributed by atoms with E-state index in [1.165, 1.54) is 0 Å². The molecule has 0 aliphatic heterocycles.